The highest BCUT2D eigenvalue weighted by atomic mass is 19.1. The molecule has 0 aliphatic rings. The normalized spacial score (nSPS) is 10.6. The van der Waals surface area contributed by atoms with Crippen molar-refractivity contribution < 1.29 is 18.4 Å². The molecule has 4 rings (SSSR count). The summed E-state index contributed by atoms with van der Waals surface area (Å²) < 4.78 is 23.8. The number of rotatable bonds is 6. The molecule has 30 heavy (non-hydrogen) atoms. The maximum absolute atomic E-state index is 13.0. The molecule has 3 aromatic carbocycles. The fraction of sp³-hybridized carbons (Fsp3) is 0.0870. The molecule has 0 aliphatic carbocycles. The molecule has 1 aromatic heterocycles. The summed E-state index contributed by atoms with van der Waals surface area (Å²) in [4.78, 5) is 16.4. The monoisotopic (exact) mass is 403 g/mol. The highest BCUT2D eigenvalue weighted by molar-refractivity contribution is 5.92. The number of hydrogen-bond donors (Lipinski definition) is 1. The lowest BCUT2D eigenvalue weighted by molar-refractivity contribution is -0.118. The van der Waals surface area contributed by atoms with E-state index >= 15 is 0 Å². The van der Waals surface area contributed by atoms with Gasteiger partial charge in [-0.05, 0) is 73.2 Å². The Balaban J connectivity index is 1.37. The molecular formula is C23H18FN3O3. The number of aryl methyl sites for hydroxylation is 1. The molecule has 0 bridgehead atoms. The van der Waals surface area contributed by atoms with Gasteiger partial charge in [0, 0.05) is 16.8 Å². The van der Waals surface area contributed by atoms with Gasteiger partial charge in [-0.2, -0.15) is 4.98 Å². The number of nitrogens with zero attached hydrogens (tertiary/aromatic N) is 2. The zero-order valence-corrected chi connectivity index (χ0v) is 16.1. The molecule has 0 unspecified atom stereocenters. The van der Waals surface area contributed by atoms with Crippen LogP contribution in [0, 0.1) is 12.7 Å². The molecule has 0 radical (unpaired) electrons. The SMILES string of the molecule is Cc1cccc(OCC(=O)Nc2ccc(-c3nc(-c4ccc(F)cc4)no3)cc2)c1. The lowest BCUT2D eigenvalue weighted by atomic mass is 10.2. The highest BCUT2D eigenvalue weighted by Gasteiger charge is 2.11. The van der Waals surface area contributed by atoms with Gasteiger partial charge in [-0.15, -0.1) is 0 Å². The van der Waals surface area contributed by atoms with Crippen LogP contribution in [0.4, 0.5) is 10.1 Å². The third-order valence-corrected chi connectivity index (χ3v) is 4.30. The zero-order chi connectivity index (χ0) is 20.9. The van der Waals surface area contributed by atoms with Gasteiger partial charge < -0.3 is 14.6 Å². The van der Waals surface area contributed by atoms with E-state index in [1.165, 1.54) is 12.1 Å². The van der Waals surface area contributed by atoms with E-state index in [9.17, 15) is 9.18 Å². The molecule has 7 heteroatoms. The maximum Gasteiger partial charge on any atom is 0.262 e. The Kier molecular flexibility index (Phi) is 5.52. The number of hydrogen-bond acceptors (Lipinski definition) is 5. The molecule has 0 saturated carbocycles. The average Bonchev–Trinajstić information content (AvgIpc) is 3.24. The molecule has 0 aliphatic heterocycles. The van der Waals surface area contributed by atoms with E-state index in [-0.39, 0.29) is 18.3 Å². The summed E-state index contributed by atoms with van der Waals surface area (Å²) in [6.07, 6.45) is 0. The number of carbonyl (C=O) groups excluding carboxylic acids is 1. The van der Waals surface area contributed by atoms with Crippen LogP contribution in [0.5, 0.6) is 5.75 Å². The molecule has 150 valence electrons. The summed E-state index contributed by atoms with van der Waals surface area (Å²) in [5, 5.41) is 6.70. The first-order valence-corrected chi connectivity index (χ1v) is 9.26. The van der Waals surface area contributed by atoms with E-state index in [4.69, 9.17) is 9.26 Å². The second-order valence-corrected chi connectivity index (χ2v) is 6.66. The Morgan fingerprint density at radius 2 is 1.77 bits per heavy atom. The first-order chi connectivity index (χ1) is 14.6. The van der Waals surface area contributed by atoms with Crippen molar-refractivity contribution in [2.24, 2.45) is 0 Å². The lowest BCUT2D eigenvalue weighted by Gasteiger charge is -2.08. The minimum Gasteiger partial charge on any atom is -0.484 e. The van der Waals surface area contributed by atoms with Gasteiger partial charge >= 0.3 is 0 Å². The molecule has 0 fully saturated rings. The van der Waals surface area contributed by atoms with E-state index in [0.29, 0.717) is 34.3 Å². The number of benzene rings is 3. The fourth-order valence-electron chi connectivity index (χ4n) is 2.80. The largest absolute Gasteiger partial charge is 0.484 e. The second kappa shape index (κ2) is 8.57. The van der Waals surface area contributed by atoms with Gasteiger partial charge in [-0.25, -0.2) is 4.39 Å². The van der Waals surface area contributed by atoms with E-state index in [1.54, 1.807) is 42.5 Å². The standard InChI is InChI=1S/C23H18FN3O3/c1-15-3-2-4-20(13-15)29-14-21(28)25-19-11-7-17(8-12-19)23-26-22(27-30-23)16-5-9-18(24)10-6-16/h2-13H,14H2,1H3,(H,25,28). The summed E-state index contributed by atoms with van der Waals surface area (Å²) in [7, 11) is 0. The third kappa shape index (κ3) is 4.70. The van der Waals surface area contributed by atoms with Gasteiger partial charge in [0.1, 0.15) is 11.6 Å². The van der Waals surface area contributed by atoms with Gasteiger partial charge in [-0.3, -0.25) is 4.79 Å². The molecule has 0 atom stereocenters. The minimum absolute atomic E-state index is 0.0874. The Bertz CT molecular complexity index is 1160. The van der Waals surface area contributed by atoms with Gasteiger partial charge in [0.05, 0.1) is 0 Å². The Labute approximate surface area is 172 Å². The van der Waals surface area contributed by atoms with E-state index in [0.717, 1.165) is 5.56 Å². The van der Waals surface area contributed by atoms with Crippen molar-refractivity contribution in [1.29, 1.82) is 0 Å². The van der Waals surface area contributed by atoms with E-state index < -0.39 is 0 Å². The molecule has 4 aromatic rings. The number of anilines is 1. The van der Waals surface area contributed by atoms with Crippen LogP contribution in [0.2, 0.25) is 0 Å². The van der Waals surface area contributed by atoms with Gasteiger partial charge in [0.25, 0.3) is 11.8 Å². The van der Waals surface area contributed by atoms with Crippen LogP contribution < -0.4 is 10.1 Å². The van der Waals surface area contributed by atoms with Gasteiger partial charge in [-0.1, -0.05) is 17.3 Å². The minimum atomic E-state index is -0.329. The molecule has 6 nitrogen and oxygen atoms in total. The number of carbonyl (C=O) groups is 1. The molecule has 0 saturated heterocycles. The number of halogens is 1. The van der Waals surface area contributed by atoms with Crippen molar-refractivity contribution >= 4 is 11.6 Å². The average molecular weight is 403 g/mol. The predicted octanol–water partition coefficient (Wildman–Crippen LogP) is 4.87. The second-order valence-electron chi connectivity index (χ2n) is 6.66. The van der Waals surface area contributed by atoms with Crippen molar-refractivity contribution in [3.8, 4) is 28.6 Å². The van der Waals surface area contributed by atoms with Crippen LogP contribution in [0.3, 0.4) is 0 Å². The quantitative estimate of drug-likeness (QED) is 0.497. The Morgan fingerprint density at radius 3 is 2.50 bits per heavy atom. The predicted molar refractivity (Wildman–Crippen MR) is 110 cm³/mol. The number of ether oxygens (including phenoxy) is 1. The van der Waals surface area contributed by atoms with Crippen LogP contribution in [0.1, 0.15) is 5.56 Å². The molecule has 1 heterocycles. The summed E-state index contributed by atoms with van der Waals surface area (Å²) in [5.41, 5.74) is 3.04. The van der Waals surface area contributed by atoms with Crippen LogP contribution in [-0.2, 0) is 4.79 Å². The first-order valence-electron chi connectivity index (χ1n) is 9.26. The molecule has 0 spiro atoms. The van der Waals surface area contributed by atoms with Crippen LogP contribution in [-0.4, -0.2) is 22.7 Å². The van der Waals surface area contributed by atoms with E-state index in [2.05, 4.69) is 15.5 Å². The summed E-state index contributed by atoms with van der Waals surface area (Å²) in [5.74, 6) is 0.754. The Hall–Kier alpha value is -4.00. The van der Waals surface area contributed by atoms with Gasteiger partial charge in [0.15, 0.2) is 6.61 Å². The molecule has 1 amide bonds. The maximum atomic E-state index is 13.0. The van der Waals surface area contributed by atoms with E-state index in [1.807, 2.05) is 25.1 Å². The molecular weight excluding hydrogens is 385 g/mol. The fourth-order valence-corrected chi connectivity index (χ4v) is 2.80. The Morgan fingerprint density at radius 1 is 1.03 bits per heavy atom. The smallest absolute Gasteiger partial charge is 0.262 e. The van der Waals surface area contributed by atoms with Crippen LogP contribution in [0.25, 0.3) is 22.8 Å². The van der Waals surface area contributed by atoms with Crippen molar-refractivity contribution in [2.75, 3.05) is 11.9 Å². The summed E-state index contributed by atoms with van der Waals surface area (Å²) in [6.45, 7) is 1.87. The van der Waals surface area contributed by atoms with Crippen molar-refractivity contribution in [1.82, 2.24) is 10.1 Å². The van der Waals surface area contributed by atoms with Gasteiger partial charge in [0.2, 0.25) is 5.82 Å². The third-order valence-electron chi connectivity index (χ3n) is 4.30. The van der Waals surface area contributed by atoms with Crippen molar-refractivity contribution in [2.45, 2.75) is 6.92 Å². The summed E-state index contributed by atoms with van der Waals surface area (Å²) >= 11 is 0. The summed E-state index contributed by atoms with van der Waals surface area (Å²) in [6, 6.07) is 20.4. The van der Waals surface area contributed by atoms with Crippen LogP contribution >= 0.6 is 0 Å². The lowest BCUT2D eigenvalue weighted by Crippen LogP contribution is -2.20. The number of aromatic nitrogens is 2. The molecule has 1 N–H and O–H groups in total. The number of amides is 1. The zero-order valence-electron chi connectivity index (χ0n) is 16.1. The first kappa shape index (κ1) is 19.3. The number of nitrogens with one attached hydrogen (secondary N) is 1. The topological polar surface area (TPSA) is 77.2 Å². The van der Waals surface area contributed by atoms with Crippen LogP contribution in [0.15, 0.2) is 77.3 Å². The van der Waals surface area contributed by atoms with Crippen molar-refractivity contribution in [3.63, 3.8) is 0 Å². The van der Waals surface area contributed by atoms with Crippen molar-refractivity contribution in [3.05, 3.63) is 84.2 Å². The highest BCUT2D eigenvalue weighted by Crippen LogP contribution is 2.23.